The van der Waals surface area contributed by atoms with Crippen LogP contribution in [0, 0.1) is 0 Å². The van der Waals surface area contributed by atoms with Gasteiger partial charge in [0.2, 0.25) is 5.88 Å². The molecule has 2 rings (SSSR count). The molecule has 9 heteroatoms. The average molecular weight is 352 g/mol. The third-order valence-electron chi connectivity index (χ3n) is 4.14. The number of nitrogens with zero attached hydrogens (tertiary/aromatic N) is 3. The van der Waals surface area contributed by atoms with E-state index in [1.807, 2.05) is 13.8 Å². The van der Waals surface area contributed by atoms with Crippen LogP contribution in [0.15, 0.2) is 18.3 Å². The summed E-state index contributed by atoms with van der Waals surface area (Å²) in [5.74, 6) is 0.458. The normalized spacial score (nSPS) is 20.8. The molecule has 138 valence electrons. The van der Waals surface area contributed by atoms with Crippen molar-refractivity contribution in [3.05, 3.63) is 18.3 Å². The van der Waals surface area contributed by atoms with Gasteiger partial charge in [-0.2, -0.15) is 0 Å². The second-order valence-corrected chi connectivity index (χ2v) is 5.97. The Bertz CT molecular complexity index is 583. The Morgan fingerprint density at radius 1 is 1.32 bits per heavy atom. The van der Waals surface area contributed by atoms with Crippen LogP contribution in [0.1, 0.15) is 13.8 Å². The van der Waals surface area contributed by atoms with Crippen molar-refractivity contribution >= 4 is 17.9 Å². The monoisotopic (exact) mass is 352 g/mol. The molecule has 2 heterocycles. The number of anilines is 1. The van der Waals surface area contributed by atoms with Gasteiger partial charge in [0.25, 0.3) is 0 Å². The molecule has 9 nitrogen and oxygen atoms in total. The SMILES string of the molecule is COC(=O)Nc1ccc(OCCN2C(C)CN(C(=O)O)C[C@H]2C)nc1. The van der Waals surface area contributed by atoms with Gasteiger partial charge in [-0.05, 0) is 19.9 Å². The van der Waals surface area contributed by atoms with Crippen LogP contribution in [0.25, 0.3) is 0 Å². The molecule has 1 aliphatic heterocycles. The molecule has 0 radical (unpaired) electrons. The van der Waals surface area contributed by atoms with E-state index in [1.54, 1.807) is 12.1 Å². The Morgan fingerprint density at radius 3 is 2.52 bits per heavy atom. The first-order valence-corrected chi connectivity index (χ1v) is 8.08. The summed E-state index contributed by atoms with van der Waals surface area (Å²) in [4.78, 5) is 30.0. The Kier molecular flexibility index (Phi) is 6.40. The molecular formula is C16H24N4O5. The number of piperazine rings is 1. The molecular weight excluding hydrogens is 328 g/mol. The molecule has 1 saturated heterocycles. The van der Waals surface area contributed by atoms with Crippen molar-refractivity contribution < 1.29 is 24.2 Å². The molecule has 2 atom stereocenters. The van der Waals surface area contributed by atoms with Gasteiger partial charge in [0.05, 0.1) is 19.0 Å². The minimum absolute atomic E-state index is 0.128. The third kappa shape index (κ3) is 5.21. The highest BCUT2D eigenvalue weighted by Gasteiger charge is 2.31. The fraction of sp³-hybridized carbons (Fsp3) is 0.562. The van der Waals surface area contributed by atoms with Gasteiger partial charge in [-0.15, -0.1) is 0 Å². The van der Waals surface area contributed by atoms with Crippen LogP contribution >= 0.6 is 0 Å². The predicted octanol–water partition coefficient (Wildman–Crippen LogP) is 1.71. The van der Waals surface area contributed by atoms with Crippen molar-refractivity contribution in [3.63, 3.8) is 0 Å². The quantitative estimate of drug-likeness (QED) is 0.831. The van der Waals surface area contributed by atoms with Gasteiger partial charge in [-0.1, -0.05) is 0 Å². The van der Waals surface area contributed by atoms with Crippen molar-refractivity contribution in [2.24, 2.45) is 0 Å². The Balaban J connectivity index is 1.80. The first kappa shape index (κ1) is 18.8. The third-order valence-corrected chi connectivity index (χ3v) is 4.14. The first-order valence-electron chi connectivity index (χ1n) is 8.08. The van der Waals surface area contributed by atoms with Crippen LogP contribution in [0.5, 0.6) is 5.88 Å². The topological polar surface area (TPSA) is 104 Å². The summed E-state index contributed by atoms with van der Waals surface area (Å²) in [7, 11) is 1.29. The van der Waals surface area contributed by atoms with E-state index in [-0.39, 0.29) is 12.1 Å². The number of nitrogens with one attached hydrogen (secondary N) is 1. The maximum atomic E-state index is 11.1. The minimum atomic E-state index is -0.876. The number of hydrogen-bond acceptors (Lipinski definition) is 6. The van der Waals surface area contributed by atoms with Crippen LogP contribution in [0.2, 0.25) is 0 Å². The maximum absolute atomic E-state index is 11.1. The minimum Gasteiger partial charge on any atom is -0.476 e. The molecule has 0 spiro atoms. The zero-order valence-corrected chi connectivity index (χ0v) is 14.6. The van der Waals surface area contributed by atoms with E-state index in [0.717, 1.165) is 0 Å². The summed E-state index contributed by atoms with van der Waals surface area (Å²) in [6.07, 6.45) is 0.0572. The van der Waals surface area contributed by atoms with E-state index in [9.17, 15) is 9.59 Å². The number of ether oxygens (including phenoxy) is 2. The lowest BCUT2D eigenvalue weighted by atomic mass is 10.1. The van der Waals surface area contributed by atoms with Gasteiger partial charge in [0.15, 0.2) is 0 Å². The van der Waals surface area contributed by atoms with E-state index in [4.69, 9.17) is 9.84 Å². The molecule has 1 aromatic rings. The molecule has 0 bridgehead atoms. The van der Waals surface area contributed by atoms with E-state index in [2.05, 4.69) is 19.9 Å². The van der Waals surface area contributed by atoms with Crippen molar-refractivity contribution in [2.45, 2.75) is 25.9 Å². The second kappa shape index (κ2) is 8.52. The summed E-state index contributed by atoms with van der Waals surface area (Å²) < 4.78 is 10.1. The lowest BCUT2D eigenvalue weighted by Gasteiger charge is -2.43. The summed E-state index contributed by atoms with van der Waals surface area (Å²) in [5, 5.41) is 11.6. The highest BCUT2D eigenvalue weighted by Crippen LogP contribution is 2.16. The van der Waals surface area contributed by atoms with Crippen LogP contribution in [0.4, 0.5) is 15.3 Å². The summed E-state index contributed by atoms with van der Waals surface area (Å²) in [6.45, 7) is 6.13. The largest absolute Gasteiger partial charge is 0.476 e. The standard InChI is InChI=1S/C16H24N4O5/c1-11-9-19(16(22)23)10-12(2)20(11)6-7-25-14-5-4-13(8-17-14)18-15(21)24-3/h4-5,8,11-12H,6-7,9-10H2,1-3H3,(H,18,21)(H,22,23)/t11-,12?/m1/s1. The van der Waals surface area contributed by atoms with E-state index >= 15 is 0 Å². The molecule has 1 fully saturated rings. The predicted molar refractivity (Wildman–Crippen MR) is 91.0 cm³/mol. The summed E-state index contributed by atoms with van der Waals surface area (Å²) in [5.41, 5.74) is 0.520. The van der Waals surface area contributed by atoms with E-state index in [0.29, 0.717) is 37.8 Å². The van der Waals surface area contributed by atoms with E-state index in [1.165, 1.54) is 18.2 Å². The highest BCUT2D eigenvalue weighted by atomic mass is 16.5. The van der Waals surface area contributed by atoms with Gasteiger partial charge in [-0.3, -0.25) is 10.2 Å². The summed E-state index contributed by atoms with van der Waals surface area (Å²) in [6, 6.07) is 3.60. The van der Waals surface area contributed by atoms with Gasteiger partial charge < -0.3 is 19.5 Å². The number of pyridine rings is 1. The average Bonchev–Trinajstić information content (AvgIpc) is 2.58. The lowest BCUT2D eigenvalue weighted by molar-refractivity contribution is 0.0319. The molecule has 25 heavy (non-hydrogen) atoms. The van der Waals surface area contributed by atoms with Gasteiger partial charge in [0.1, 0.15) is 6.61 Å². The maximum Gasteiger partial charge on any atom is 0.411 e. The molecule has 2 N–H and O–H groups in total. The van der Waals surface area contributed by atoms with Crippen molar-refractivity contribution in [1.82, 2.24) is 14.8 Å². The lowest BCUT2D eigenvalue weighted by Crippen LogP contribution is -2.58. The Labute approximate surface area is 146 Å². The number of methoxy groups -OCH3 is 1. The molecule has 0 aliphatic carbocycles. The van der Waals surface area contributed by atoms with Crippen molar-refractivity contribution in [3.8, 4) is 5.88 Å². The van der Waals surface area contributed by atoms with Crippen molar-refractivity contribution in [1.29, 1.82) is 0 Å². The Morgan fingerprint density at radius 2 is 2.00 bits per heavy atom. The first-order chi connectivity index (χ1) is 11.9. The van der Waals surface area contributed by atoms with Crippen molar-refractivity contribution in [2.75, 3.05) is 38.7 Å². The van der Waals surface area contributed by atoms with Crippen LogP contribution in [-0.2, 0) is 4.74 Å². The van der Waals surface area contributed by atoms with Gasteiger partial charge in [-0.25, -0.2) is 14.6 Å². The number of rotatable bonds is 5. The number of amides is 2. The number of aromatic nitrogens is 1. The molecule has 1 unspecified atom stereocenters. The summed E-state index contributed by atoms with van der Waals surface area (Å²) >= 11 is 0. The number of carbonyl (C=O) groups is 2. The molecule has 1 aliphatic rings. The highest BCUT2D eigenvalue weighted by molar-refractivity contribution is 5.84. The number of carbonyl (C=O) groups excluding carboxylic acids is 1. The van der Waals surface area contributed by atoms with Crippen LogP contribution in [0.3, 0.4) is 0 Å². The smallest absolute Gasteiger partial charge is 0.411 e. The van der Waals surface area contributed by atoms with Gasteiger partial charge >= 0.3 is 12.2 Å². The molecule has 0 saturated carbocycles. The number of carboxylic acid groups (broad SMARTS) is 1. The Hall–Kier alpha value is -2.55. The molecule has 2 amide bonds. The number of hydrogen-bond donors (Lipinski definition) is 2. The molecule has 0 aromatic carbocycles. The second-order valence-electron chi connectivity index (χ2n) is 5.97. The molecule has 1 aromatic heterocycles. The van der Waals surface area contributed by atoms with Crippen LogP contribution < -0.4 is 10.1 Å². The van der Waals surface area contributed by atoms with E-state index < -0.39 is 12.2 Å². The fourth-order valence-electron chi connectivity index (χ4n) is 2.92. The van der Waals surface area contributed by atoms with Crippen LogP contribution in [-0.4, -0.2) is 77.5 Å². The zero-order chi connectivity index (χ0) is 18.4. The van der Waals surface area contributed by atoms with Gasteiger partial charge in [0, 0.05) is 37.8 Å². The zero-order valence-electron chi connectivity index (χ0n) is 14.6. The fourth-order valence-corrected chi connectivity index (χ4v) is 2.92.